The van der Waals surface area contributed by atoms with Gasteiger partial charge in [0.1, 0.15) is 23.4 Å². The molecule has 1 aliphatic carbocycles. The summed E-state index contributed by atoms with van der Waals surface area (Å²) in [5.74, 6) is -0.595. The van der Waals surface area contributed by atoms with Crippen molar-refractivity contribution < 1.29 is 23.5 Å². The van der Waals surface area contributed by atoms with E-state index in [0.717, 1.165) is 18.4 Å². The maximum absolute atomic E-state index is 15.3. The molecule has 1 N–H and O–H groups in total. The van der Waals surface area contributed by atoms with Crippen LogP contribution in [0.3, 0.4) is 0 Å². The topological polar surface area (TPSA) is 67.9 Å². The van der Waals surface area contributed by atoms with Crippen LogP contribution < -0.4 is 15.0 Å². The van der Waals surface area contributed by atoms with Crippen molar-refractivity contribution in [3.8, 4) is 11.5 Å². The van der Waals surface area contributed by atoms with E-state index >= 15 is 4.39 Å². The van der Waals surface area contributed by atoms with Crippen LogP contribution in [0.2, 0.25) is 5.02 Å². The highest BCUT2D eigenvalue weighted by Gasteiger charge is 2.38. The highest BCUT2D eigenvalue weighted by Crippen LogP contribution is 2.35. The van der Waals surface area contributed by atoms with Crippen LogP contribution in [0.4, 0.5) is 15.8 Å². The molecule has 1 fully saturated rings. The highest BCUT2D eigenvalue weighted by molar-refractivity contribution is 6.34. The lowest BCUT2D eigenvalue weighted by molar-refractivity contribution is -0.127. The van der Waals surface area contributed by atoms with E-state index in [2.05, 4.69) is 5.32 Å². The largest absolute Gasteiger partial charge is 0.457 e. The van der Waals surface area contributed by atoms with Crippen LogP contribution in [0.15, 0.2) is 103 Å². The van der Waals surface area contributed by atoms with Gasteiger partial charge in [-0.15, -0.1) is 0 Å². The van der Waals surface area contributed by atoms with E-state index in [1.54, 1.807) is 24.3 Å². The number of carbonyl (C=O) groups excluding carboxylic acids is 2. The molecule has 1 saturated carbocycles. The van der Waals surface area contributed by atoms with Crippen molar-refractivity contribution in [2.24, 2.45) is 5.92 Å². The third-order valence-electron chi connectivity index (χ3n) is 7.22. The molecular weight excluding hydrogens is 555 g/mol. The second-order valence-electron chi connectivity index (χ2n) is 10.2. The number of nitrogens with one attached hydrogen (secondary N) is 1. The van der Waals surface area contributed by atoms with E-state index in [0.29, 0.717) is 30.0 Å². The second kappa shape index (κ2) is 14.1. The summed E-state index contributed by atoms with van der Waals surface area (Å²) in [7, 11) is 0. The molecule has 0 bridgehead atoms. The molecule has 1 atom stereocenters. The van der Waals surface area contributed by atoms with Crippen molar-refractivity contribution in [2.75, 3.05) is 16.8 Å². The van der Waals surface area contributed by atoms with E-state index in [9.17, 15) is 9.59 Å². The Morgan fingerprint density at radius 3 is 2.17 bits per heavy atom. The van der Waals surface area contributed by atoms with Gasteiger partial charge in [0, 0.05) is 11.6 Å². The van der Waals surface area contributed by atoms with E-state index in [1.807, 2.05) is 60.7 Å². The zero-order valence-corrected chi connectivity index (χ0v) is 23.8. The molecule has 8 heteroatoms. The van der Waals surface area contributed by atoms with Crippen LogP contribution in [0.25, 0.3) is 0 Å². The third kappa shape index (κ3) is 7.35. The van der Waals surface area contributed by atoms with Gasteiger partial charge >= 0.3 is 0 Å². The van der Waals surface area contributed by atoms with E-state index in [-0.39, 0.29) is 35.7 Å². The standard InChI is InChI=1S/C34H32ClFN2O4/c35-29-16-9-17-30(36)32(29)38(34(40)25-12-7-8-13-25)31(23-41-22-24-10-3-1-4-11-24)33(39)37-26-18-20-28(21-19-26)42-27-14-5-2-6-15-27/h1-6,9-11,14-21,25,31H,7-8,12-13,22-23H2,(H,37,39). The van der Waals surface area contributed by atoms with Crippen LogP contribution in [-0.2, 0) is 20.9 Å². The second-order valence-corrected chi connectivity index (χ2v) is 10.6. The fraction of sp³-hybridized carbons (Fsp3) is 0.235. The predicted octanol–water partition coefficient (Wildman–Crippen LogP) is 8.02. The number of hydrogen-bond donors (Lipinski definition) is 1. The Morgan fingerprint density at radius 2 is 1.50 bits per heavy atom. The number of anilines is 2. The normalized spacial score (nSPS) is 13.9. The van der Waals surface area contributed by atoms with Crippen molar-refractivity contribution >= 4 is 34.8 Å². The lowest BCUT2D eigenvalue weighted by Gasteiger charge is -2.33. The molecule has 0 aliphatic heterocycles. The third-order valence-corrected chi connectivity index (χ3v) is 7.53. The molecule has 4 aromatic carbocycles. The summed E-state index contributed by atoms with van der Waals surface area (Å²) in [6.07, 6.45) is 3.13. The summed E-state index contributed by atoms with van der Waals surface area (Å²) in [5.41, 5.74) is 1.27. The molecule has 5 rings (SSSR count). The predicted molar refractivity (Wildman–Crippen MR) is 162 cm³/mol. The van der Waals surface area contributed by atoms with E-state index < -0.39 is 17.8 Å². The Bertz CT molecular complexity index is 1460. The maximum Gasteiger partial charge on any atom is 0.249 e. The van der Waals surface area contributed by atoms with Crippen molar-refractivity contribution in [3.05, 3.63) is 120 Å². The Morgan fingerprint density at radius 1 is 0.857 bits per heavy atom. The first-order valence-corrected chi connectivity index (χ1v) is 14.4. The summed E-state index contributed by atoms with van der Waals surface area (Å²) in [6.45, 7) is 0.0473. The quantitative estimate of drug-likeness (QED) is 0.193. The number of carbonyl (C=O) groups is 2. The Labute approximate surface area is 250 Å². The number of benzene rings is 4. The molecule has 2 amide bonds. The molecular formula is C34H32ClFN2O4. The average Bonchev–Trinajstić information content (AvgIpc) is 3.55. The minimum absolute atomic E-state index is 0.0459. The molecule has 0 aromatic heterocycles. The molecule has 0 spiro atoms. The van der Waals surface area contributed by atoms with Gasteiger partial charge in [-0.25, -0.2) is 4.39 Å². The first-order valence-electron chi connectivity index (χ1n) is 14.0. The van der Waals surface area contributed by atoms with E-state index in [4.69, 9.17) is 21.1 Å². The SMILES string of the molecule is O=C(Nc1ccc(Oc2ccccc2)cc1)C(COCc1ccccc1)N(C(=O)C1CCCC1)c1c(F)cccc1Cl. The van der Waals surface area contributed by atoms with Crippen LogP contribution in [0, 0.1) is 11.7 Å². The zero-order valence-electron chi connectivity index (χ0n) is 23.0. The first kappa shape index (κ1) is 29.3. The van der Waals surface area contributed by atoms with Gasteiger partial charge in [0.25, 0.3) is 0 Å². The molecule has 1 aliphatic rings. The fourth-order valence-electron chi connectivity index (χ4n) is 5.09. The summed E-state index contributed by atoms with van der Waals surface area (Å²) >= 11 is 6.48. The maximum atomic E-state index is 15.3. The highest BCUT2D eigenvalue weighted by atomic mass is 35.5. The van der Waals surface area contributed by atoms with Crippen LogP contribution in [0.5, 0.6) is 11.5 Å². The molecule has 1 unspecified atom stereocenters. The van der Waals surface area contributed by atoms with E-state index in [1.165, 1.54) is 23.1 Å². The molecule has 42 heavy (non-hydrogen) atoms. The number of halogens is 2. The summed E-state index contributed by atoms with van der Waals surface area (Å²) in [5, 5.41) is 2.93. The monoisotopic (exact) mass is 586 g/mol. The van der Waals surface area contributed by atoms with Crippen LogP contribution >= 0.6 is 11.6 Å². The van der Waals surface area contributed by atoms with Gasteiger partial charge in [0.2, 0.25) is 11.8 Å². The number of hydrogen-bond acceptors (Lipinski definition) is 4. The molecule has 4 aromatic rings. The molecule has 0 heterocycles. The fourth-order valence-corrected chi connectivity index (χ4v) is 5.35. The number of ether oxygens (including phenoxy) is 2. The lowest BCUT2D eigenvalue weighted by atomic mass is 10.0. The minimum Gasteiger partial charge on any atom is -0.457 e. The van der Waals surface area contributed by atoms with Gasteiger partial charge in [-0.3, -0.25) is 14.5 Å². The van der Waals surface area contributed by atoms with Crippen molar-refractivity contribution in [2.45, 2.75) is 38.3 Å². The first-order chi connectivity index (χ1) is 20.5. The van der Waals surface area contributed by atoms with Gasteiger partial charge in [0.15, 0.2) is 0 Å². The van der Waals surface area contributed by atoms with Gasteiger partial charge in [0.05, 0.1) is 23.9 Å². The minimum atomic E-state index is -1.18. The number of amides is 2. The lowest BCUT2D eigenvalue weighted by Crippen LogP contribution is -2.52. The zero-order chi connectivity index (χ0) is 29.3. The average molecular weight is 587 g/mol. The number of para-hydroxylation sites is 2. The smallest absolute Gasteiger partial charge is 0.249 e. The van der Waals surface area contributed by atoms with Gasteiger partial charge in [-0.1, -0.05) is 79.0 Å². The summed E-state index contributed by atoms with van der Waals surface area (Å²) < 4.78 is 27.2. The van der Waals surface area contributed by atoms with Crippen LogP contribution in [-0.4, -0.2) is 24.5 Å². The molecule has 6 nitrogen and oxygen atoms in total. The summed E-state index contributed by atoms with van der Waals surface area (Å²) in [4.78, 5) is 29.1. The van der Waals surface area contributed by atoms with Crippen molar-refractivity contribution in [3.63, 3.8) is 0 Å². The van der Waals surface area contributed by atoms with Crippen molar-refractivity contribution in [1.29, 1.82) is 0 Å². The van der Waals surface area contributed by atoms with Crippen molar-refractivity contribution in [1.82, 2.24) is 0 Å². The Balaban J connectivity index is 1.42. The Hall–Kier alpha value is -4.20. The number of nitrogens with zero attached hydrogens (tertiary/aromatic N) is 1. The summed E-state index contributed by atoms with van der Waals surface area (Å²) in [6, 6.07) is 28.8. The van der Waals surface area contributed by atoms with Gasteiger partial charge in [-0.05, 0) is 66.9 Å². The van der Waals surface area contributed by atoms with Gasteiger partial charge in [-0.2, -0.15) is 0 Å². The molecule has 0 radical (unpaired) electrons. The molecule has 0 saturated heterocycles. The van der Waals surface area contributed by atoms with Gasteiger partial charge < -0.3 is 14.8 Å². The Kier molecular flexibility index (Phi) is 9.85. The number of rotatable bonds is 11. The van der Waals surface area contributed by atoms with Crippen LogP contribution in [0.1, 0.15) is 31.2 Å². The molecule has 216 valence electrons.